The number of anilines is 1. The molecule has 2 amide bonds. The minimum atomic E-state index is -4.25. The minimum absolute atomic E-state index is 0.0720. The number of hydrogen-bond acceptors (Lipinski definition) is 5. The van der Waals surface area contributed by atoms with Gasteiger partial charge in [0, 0.05) is 13.1 Å². The molecule has 0 fully saturated rings. The van der Waals surface area contributed by atoms with Crippen LogP contribution < -0.4 is 14.4 Å². The van der Waals surface area contributed by atoms with Gasteiger partial charge in [-0.25, -0.2) is 12.8 Å². The van der Waals surface area contributed by atoms with Crippen LogP contribution in [0.3, 0.4) is 0 Å². The van der Waals surface area contributed by atoms with E-state index in [1.54, 1.807) is 13.8 Å². The molecule has 0 aliphatic heterocycles. The van der Waals surface area contributed by atoms with Gasteiger partial charge in [-0.1, -0.05) is 29.8 Å². The zero-order valence-electron chi connectivity index (χ0n) is 21.8. The lowest BCUT2D eigenvalue weighted by molar-refractivity contribution is -0.139. The zero-order chi connectivity index (χ0) is 27.9. The van der Waals surface area contributed by atoms with Crippen molar-refractivity contribution in [1.29, 1.82) is 0 Å². The average Bonchev–Trinajstić information content (AvgIpc) is 2.91. The Kier molecular flexibility index (Phi) is 9.46. The van der Waals surface area contributed by atoms with Gasteiger partial charge in [-0.05, 0) is 74.9 Å². The summed E-state index contributed by atoms with van der Waals surface area (Å²) >= 11 is 0. The lowest BCUT2D eigenvalue weighted by Crippen LogP contribution is -2.51. The number of carbonyl (C=O) groups excluding carboxylic acids is 2. The van der Waals surface area contributed by atoms with Crippen molar-refractivity contribution in [2.45, 2.75) is 38.3 Å². The number of hydrogen-bond donors (Lipinski definition) is 1. The van der Waals surface area contributed by atoms with Gasteiger partial charge in [0.25, 0.3) is 10.0 Å². The number of amides is 2. The fourth-order valence-electron chi connectivity index (χ4n) is 3.81. The predicted octanol–water partition coefficient (Wildman–Crippen LogP) is 3.89. The summed E-state index contributed by atoms with van der Waals surface area (Å²) in [7, 11) is -2.78. The first-order valence-corrected chi connectivity index (χ1v) is 13.6. The Morgan fingerprint density at radius 3 is 2.13 bits per heavy atom. The molecule has 3 rings (SSSR count). The predicted molar refractivity (Wildman–Crippen MR) is 144 cm³/mol. The number of carbonyl (C=O) groups is 2. The molecular formula is C28H32FN3O5S. The second-order valence-corrected chi connectivity index (χ2v) is 10.6. The molecule has 3 aromatic carbocycles. The molecular weight excluding hydrogens is 509 g/mol. The van der Waals surface area contributed by atoms with Gasteiger partial charge in [-0.15, -0.1) is 0 Å². The highest BCUT2D eigenvalue weighted by Gasteiger charge is 2.32. The maximum atomic E-state index is 13.7. The highest BCUT2D eigenvalue weighted by atomic mass is 32.2. The van der Waals surface area contributed by atoms with E-state index in [0.717, 1.165) is 27.6 Å². The number of rotatable bonds is 11. The Morgan fingerprint density at radius 2 is 1.58 bits per heavy atom. The smallest absolute Gasteiger partial charge is 0.264 e. The third-order valence-corrected chi connectivity index (χ3v) is 7.82. The number of nitrogens with zero attached hydrogens (tertiary/aromatic N) is 2. The molecule has 1 atom stereocenters. The van der Waals surface area contributed by atoms with Crippen molar-refractivity contribution in [3.8, 4) is 5.75 Å². The van der Waals surface area contributed by atoms with Gasteiger partial charge in [0.15, 0.2) is 0 Å². The topological polar surface area (TPSA) is 96.0 Å². The Morgan fingerprint density at radius 1 is 0.974 bits per heavy atom. The van der Waals surface area contributed by atoms with E-state index >= 15 is 0 Å². The highest BCUT2D eigenvalue weighted by Crippen LogP contribution is 2.26. The largest absolute Gasteiger partial charge is 0.497 e. The third-order valence-electron chi connectivity index (χ3n) is 6.03. The third kappa shape index (κ3) is 6.89. The number of nitrogens with one attached hydrogen (secondary N) is 1. The number of sulfonamides is 1. The van der Waals surface area contributed by atoms with E-state index in [2.05, 4.69) is 5.32 Å². The van der Waals surface area contributed by atoms with Gasteiger partial charge >= 0.3 is 0 Å². The lowest BCUT2D eigenvalue weighted by Gasteiger charge is -2.32. The quantitative estimate of drug-likeness (QED) is 0.397. The molecule has 10 heteroatoms. The van der Waals surface area contributed by atoms with Crippen LogP contribution in [0.4, 0.5) is 10.1 Å². The number of aryl methyl sites for hydroxylation is 1. The van der Waals surface area contributed by atoms with Gasteiger partial charge in [0.2, 0.25) is 11.8 Å². The molecule has 0 aromatic heterocycles. The van der Waals surface area contributed by atoms with Crippen LogP contribution in [0.2, 0.25) is 0 Å². The first-order valence-electron chi connectivity index (χ1n) is 12.1. The van der Waals surface area contributed by atoms with Crippen molar-refractivity contribution in [3.63, 3.8) is 0 Å². The normalized spacial score (nSPS) is 11.9. The summed E-state index contributed by atoms with van der Waals surface area (Å²) in [5, 5.41) is 2.72. The maximum absolute atomic E-state index is 13.7. The summed E-state index contributed by atoms with van der Waals surface area (Å²) in [5.74, 6) is -1.04. The SMILES string of the molecule is CCNC(=O)C(C)N(Cc1ccc(C)cc1)C(=O)CN(c1ccc(F)cc1)S(=O)(=O)c1ccc(OC)cc1. The molecule has 0 aliphatic rings. The molecule has 0 aliphatic carbocycles. The first kappa shape index (κ1) is 28.6. The van der Waals surface area contributed by atoms with E-state index in [0.29, 0.717) is 12.3 Å². The molecule has 0 spiro atoms. The van der Waals surface area contributed by atoms with Crippen LogP contribution in [-0.2, 0) is 26.2 Å². The second kappa shape index (κ2) is 12.6. The van der Waals surface area contributed by atoms with E-state index in [1.165, 1.54) is 48.4 Å². The van der Waals surface area contributed by atoms with Crippen LogP contribution in [0.25, 0.3) is 0 Å². The molecule has 0 saturated heterocycles. The van der Waals surface area contributed by atoms with Crippen molar-refractivity contribution in [1.82, 2.24) is 10.2 Å². The van der Waals surface area contributed by atoms with Gasteiger partial charge in [-0.3, -0.25) is 13.9 Å². The summed E-state index contributed by atoms with van der Waals surface area (Å²) in [6, 6.07) is 17.2. The Bertz CT molecular complexity index is 1340. The van der Waals surface area contributed by atoms with Crippen LogP contribution in [0, 0.1) is 12.7 Å². The van der Waals surface area contributed by atoms with E-state index in [4.69, 9.17) is 4.74 Å². The highest BCUT2D eigenvalue weighted by molar-refractivity contribution is 7.92. The van der Waals surface area contributed by atoms with Crippen LogP contribution in [0.15, 0.2) is 77.7 Å². The summed E-state index contributed by atoms with van der Waals surface area (Å²) in [6.45, 7) is 5.18. The van der Waals surface area contributed by atoms with Crippen LogP contribution in [0.1, 0.15) is 25.0 Å². The van der Waals surface area contributed by atoms with Gasteiger partial charge in [0.1, 0.15) is 24.2 Å². The van der Waals surface area contributed by atoms with Crippen molar-refractivity contribution in [3.05, 3.63) is 89.7 Å². The Hall–Kier alpha value is -3.92. The standard InChI is InChI=1S/C28H32FN3O5S/c1-5-30-28(34)21(3)31(18-22-8-6-20(2)7-9-22)27(33)19-32(24-12-10-23(29)11-13-24)38(35,36)26-16-14-25(37-4)15-17-26/h6-17,21H,5,18-19H2,1-4H3,(H,30,34). The monoisotopic (exact) mass is 541 g/mol. The van der Waals surface area contributed by atoms with Gasteiger partial charge in [0.05, 0.1) is 17.7 Å². The zero-order valence-corrected chi connectivity index (χ0v) is 22.7. The summed E-state index contributed by atoms with van der Waals surface area (Å²) in [6.07, 6.45) is 0. The van der Waals surface area contributed by atoms with E-state index in [9.17, 15) is 22.4 Å². The molecule has 3 aromatic rings. The lowest BCUT2D eigenvalue weighted by atomic mass is 10.1. The first-order chi connectivity index (χ1) is 18.1. The molecule has 0 bridgehead atoms. The number of methoxy groups -OCH3 is 1. The molecule has 38 heavy (non-hydrogen) atoms. The molecule has 202 valence electrons. The number of likely N-dealkylation sites (N-methyl/N-ethyl adjacent to an activating group) is 1. The number of halogens is 1. The second-order valence-electron chi connectivity index (χ2n) is 8.74. The van der Waals surface area contributed by atoms with Gasteiger partial charge < -0.3 is 15.0 Å². The Labute approximate surface area is 223 Å². The van der Waals surface area contributed by atoms with E-state index in [-0.39, 0.29) is 23.0 Å². The Balaban J connectivity index is 2.01. The van der Waals surface area contributed by atoms with Crippen molar-refractivity contribution in [2.75, 3.05) is 24.5 Å². The maximum Gasteiger partial charge on any atom is 0.264 e. The minimum Gasteiger partial charge on any atom is -0.497 e. The molecule has 8 nitrogen and oxygen atoms in total. The molecule has 0 heterocycles. The molecule has 1 N–H and O–H groups in total. The summed E-state index contributed by atoms with van der Waals surface area (Å²) in [4.78, 5) is 27.7. The number of ether oxygens (including phenoxy) is 1. The molecule has 0 saturated carbocycles. The summed E-state index contributed by atoms with van der Waals surface area (Å²) < 4.78 is 47.2. The average molecular weight is 542 g/mol. The molecule has 0 radical (unpaired) electrons. The van der Waals surface area contributed by atoms with Crippen molar-refractivity contribution >= 4 is 27.5 Å². The van der Waals surface area contributed by atoms with E-state index in [1.807, 2.05) is 31.2 Å². The van der Waals surface area contributed by atoms with Crippen LogP contribution in [0.5, 0.6) is 5.75 Å². The fraction of sp³-hybridized carbons (Fsp3) is 0.286. The summed E-state index contributed by atoms with van der Waals surface area (Å²) in [5.41, 5.74) is 1.93. The van der Waals surface area contributed by atoms with E-state index < -0.39 is 34.3 Å². The van der Waals surface area contributed by atoms with Gasteiger partial charge in [-0.2, -0.15) is 0 Å². The van der Waals surface area contributed by atoms with Crippen LogP contribution >= 0.6 is 0 Å². The number of benzene rings is 3. The van der Waals surface area contributed by atoms with Crippen LogP contribution in [-0.4, -0.2) is 51.4 Å². The molecule has 1 unspecified atom stereocenters. The van der Waals surface area contributed by atoms with Crippen molar-refractivity contribution in [2.24, 2.45) is 0 Å². The van der Waals surface area contributed by atoms with Crippen molar-refractivity contribution < 1.29 is 27.1 Å². The fourth-order valence-corrected chi connectivity index (χ4v) is 5.22.